The van der Waals surface area contributed by atoms with Gasteiger partial charge in [0.15, 0.2) is 0 Å². The first-order chi connectivity index (χ1) is 6.56. The predicted molar refractivity (Wildman–Crippen MR) is 59.8 cm³/mol. The van der Waals surface area contributed by atoms with Gasteiger partial charge in [-0.3, -0.25) is 0 Å². The number of alkyl halides is 2. The second kappa shape index (κ2) is 4.54. The predicted octanol–water partition coefficient (Wildman–Crippen LogP) is 3.38. The van der Waals surface area contributed by atoms with Crippen LogP contribution in [0.1, 0.15) is 45.4 Å². The minimum absolute atomic E-state index is 0. The maximum atomic E-state index is 13.7. The summed E-state index contributed by atoms with van der Waals surface area (Å²) in [6, 6.07) is 0. The number of hydrogen-bond donors (Lipinski definition) is 1. The van der Waals surface area contributed by atoms with E-state index in [0.29, 0.717) is 6.54 Å². The van der Waals surface area contributed by atoms with Gasteiger partial charge in [0.1, 0.15) is 0 Å². The zero-order valence-corrected chi connectivity index (χ0v) is 10.0. The molecule has 1 N–H and O–H groups in total. The van der Waals surface area contributed by atoms with Gasteiger partial charge < -0.3 is 5.32 Å². The summed E-state index contributed by atoms with van der Waals surface area (Å²) in [5.74, 6) is -2.33. The van der Waals surface area contributed by atoms with E-state index in [1.807, 2.05) is 0 Å². The van der Waals surface area contributed by atoms with E-state index in [2.05, 4.69) is 5.32 Å². The van der Waals surface area contributed by atoms with Crippen molar-refractivity contribution >= 4 is 12.4 Å². The van der Waals surface area contributed by atoms with Gasteiger partial charge in [0.05, 0.1) is 5.54 Å². The normalized spacial score (nSPS) is 36.2. The summed E-state index contributed by atoms with van der Waals surface area (Å²) >= 11 is 0. The Labute approximate surface area is 96.4 Å². The van der Waals surface area contributed by atoms with Gasteiger partial charge in [-0.2, -0.15) is 0 Å². The van der Waals surface area contributed by atoms with Gasteiger partial charge in [0.2, 0.25) is 0 Å². The molecule has 0 aromatic heterocycles. The topological polar surface area (TPSA) is 12.0 Å². The highest BCUT2D eigenvalue weighted by Gasteiger charge is 2.57. The zero-order valence-electron chi connectivity index (χ0n) is 9.19. The molecule has 1 atom stereocenters. The lowest BCUT2D eigenvalue weighted by atomic mass is 9.73. The molecule has 2 aliphatic rings. The first-order valence-electron chi connectivity index (χ1n) is 5.69. The largest absolute Gasteiger partial charge is 0.306 e. The molecule has 1 aliphatic carbocycles. The zero-order chi connectivity index (χ0) is 10.2. The molecular formula is C11H20ClF2N. The van der Waals surface area contributed by atoms with Gasteiger partial charge >= 0.3 is 0 Å². The fraction of sp³-hybridized carbons (Fsp3) is 1.00. The van der Waals surface area contributed by atoms with Gasteiger partial charge in [-0.15, -0.1) is 12.4 Å². The lowest BCUT2D eigenvalue weighted by Crippen LogP contribution is -2.55. The molecule has 15 heavy (non-hydrogen) atoms. The Hall–Kier alpha value is 0.110. The molecule has 1 nitrogen and oxygen atoms in total. The molecule has 1 unspecified atom stereocenters. The van der Waals surface area contributed by atoms with E-state index >= 15 is 0 Å². The lowest BCUT2D eigenvalue weighted by molar-refractivity contribution is -0.0828. The summed E-state index contributed by atoms with van der Waals surface area (Å²) in [5.41, 5.74) is -0.923. The van der Waals surface area contributed by atoms with E-state index in [1.165, 1.54) is 6.42 Å². The minimum Gasteiger partial charge on any atom is -0.306 e. The van der Waals surface area contributed by atoms with Crippen molar-refractivity contribution in [2.24, 2.45) is 5.92 Å². The van der Waals surface area contributed by atoms with Gasteiger partial charge in [0, 0.05) is 13.0 Å². The molecule has 0 radical (unpaired) electrons. The highest BCUT2D eigenvalue weighted by Crippen LogP contribution is 2.46. The maximum Gasteiger partial charge on any atom is 0.267 e. The van der Waals surface area contributed by atoms with E-state index < -0.39 is 11.5 Å². The van der Waals surface area contributed by atoms with Crippen LogP contribution in [0.25, 0.3) is 0 Å². The van der Waals surface area contributed by atoms with Crippen molar-refractivity contribution in [3.05, 3.63) is 0 Å². The van der Waals surface area contributed by atoms with Crippen LogP contribution < -0.4 is 5.32 Å². The Morgan fingerprint density at radius 2 is 1.73 bits per heavy atom. The van der Waals surface area contributed by atoms with Gasteiger partial charge in [-0.05, 0) is 25.7 Å². The summed E-state index contributed by atoms with van der Waals surface area (Å²) in [7, 11) is 0. The third-order valence-electron chi connectivity index (χ3n) is 4.11. The van der Waals surface area contributed by atoms with Crippen LogP contribution in [0, 0.1) is 5.92 Å². The summed E-state index contributed by atoms with van der Waals surface area (Å²) in [6.07, 6.45) is 5.42. The SMILES string of the molecule is CC1(C2CCCCC2)NCCC1(F)F.Cl. The van der Waals surface area contributed by atoms with Crippen molar-refractivity contribution in [2.75, 3.05) is 6.54 Å². The highest BCUT2D eigenvalue weighted by molar-refractivity contribution is 5.85. The Morgan fingerprint density at radius 3 is 2.20 bits per heavy atom. The van der Waals surface area contributed by atoms with Crippen molar-refractivity contribution in [3.8, 4) is 0 Å². The first kappa shape index (κ1) is 13.2. The van der Waals surface area contributed by atoms with Crippen LogP contribution >= 0.6 is 12.4 Å². The molecule has 1 saturated carbocycles. The van der Waals surface area contributed by atoms with Crippen LogP contribution in [0.15, 0.2) is 0 Å². The second-order valence-electron chi connectivity index (χ2n) is 4.92. The van der Waals surface area contributed by atoms with Crippen molar-refractivity contribution < 1.29 is 8.78 Å². The molecule has 1 saturated heterocycles. The van der Waals surface area contributed by atoms with Gasteiger partial charge in [-0.1, -0.05) is 19.3 Å². The fourth-order valence-corrected chi connectivity index (χ4v) is 2.99. The van der Waals surface area contributed by atoms with E-state index in [9.17, 15) is 8.78 Å². The molecule has 4 heteroatoms. The average Bonchev–Trinajstić information content (AvgIpc) is 2.44. The summed E-state index contributed by atoms with van der Waals surface area (Å²) in [4.78, 5) is 0. The van der Waals surface area contributed by atoms with Crippen LogP contribution in [-0.2, 0) is 0 Å². The molecule has 0 aromatic rings. The Kier molecular flexibility index (Phi) is 3.99. The summed E-state index contributed by atoms with van der Waals surface area (Å²) in [5, 5.41) is 3.04. The van der Waals surface area contributed by atoms with Crippen LogP contribution in [0.3, 0.4) is 0 Å². The standard InChI is InChI=1S/C11H19F2N.ClH/c1-10(9-5-3-2-4-6-9)11(12,13)7-8-14-10;/h9,14H,2-8H2,1H3;1H. The molecule has 0 amide bonds. The number of hydrogen-bond acceptors (Lipinski definition) is 1. The van der Waals surface area contributed by atoms with Crippen LogP contribution in [0.2, 0.25) is 0 Å². The third-order valence-corrected chi connectivity index (χ3v) is 4.11. The molecule has 0 aromatic carbocycles. The fourth-order valence-electron chi connectivity index (χ4n) is 2.99. The molecule has 2 rings (SSSR count). The molecule has 1 heterocycles. The Bertz CT molecular complexity index is 217. The molecule has 0 bridgehead atoms. The molecule has 1 aliphatic heterocycles. The monoisotopic (exact) mass is 239 g/mol. The molecule has 2 fully saturated rings. The summed E-state index contributed by atoms with van der Waals surface area (Å²) < 4.78 is 27.4. The van der Waals surface area contributed by atoms with Gasteiger partial charge in [-0.25, -0.2) is 8.78 Å². The van der Waals surface area contributed by atoms with Crippen molar-refractivity contribution in [1.82, 2.24) is 5.32 Å². The molecule has 90 valence electrons. The number of rotatable bonds is 1. The van der Waals surface area contributed by atoms with Crippen LogP contribution in [0.4, 0.5) is 8.78 Å². The number of halogens is 3. The third kappa shape index (κ3) is 2.14. The highest BCUT2D eigenvalue weighted by atomic mass is 35.5. The maximum absolute atomic E-state index is 13.7. The quantitative estimate of drug-likeness (QED) is 0.740. The van der Waals surface area contributed by atoms with E-state index in [0.717, 1.165) is 25.7 Å². The smallest absolute Gasteiger partial charge is 0.267 e. The first-order valence-corrected chi connectivity index (χ1v) is 5.69. The molecular weight excluding hydrogens is 220 g/mol. The van der Waals surface area contributed by atoms with Crippen LogP contribution in [0.5, 0.6) is 0 Å². The molecule has 0 spiro atoms. The second-order valence-corrected chi connectivity index (χ2v) is 4.92. The van der Waals surface area contributed by atoms with E-state index in [-0.39, 0.29) is 24.7 Å². The summed E-state index contributed by atoms with van der Waals surface area (Å²) in [6.45, 7) is 2.19. The van der Waals surface area contributed by atoms with E-state index in [1.54, 1.807) is 6.92 Å². The van der Waals surface area contributed by atoms with Crippen LogP contribution in [-0.4, -0.2) is 18.0 Å². The Balaban J connectivity index is 0.00000112. The van der Waals surface area contributed by atoms with Gasteiger partial charge in [0.25, 0.3) is 5.92 Å². The lowest BCUT2D eigenvalue weighted by Gasteiger charge is -2.40. The van der Waals surface area contributed by atoms with Crippen molar-refractivity contribution in [2.45, 2.75) is 56.9 Å². The minimum atomic E-state index is -2.50. The van der Waals surface area contributed by atoms with Crippen molar-refractivity contribution in [3.63, 3.8) is 0 Å². The average molecular weight is 240 g/mol. The number of nitrogens with one attached hydrogen (secondary N) is 1. The van der Waals surface area contributed by atoms with Crippen molar-refractivity contribution in [1.29, 1.82) is 0 Å². The Morgan fingerprint density at radius 1 is 1.13 bits per heavy atom. The van der Waals surface area contributed by atoms with E-state index in [4.69, 9.17) is 0 Å².